The molecule has 0 saturated carbocycles. The summed E-state index contributed by atoms with van der Waals surface area (Å²) in [5.41, 5.74) is 1.51. The van der Waals surface area contributed by atoms with E-state index < -0.39 is 9.84 Å². The largest absolute Gasteiger partial charge is 0.322 e. The Morgan fingerprint density at radius 3 is 2.56 bits per heavy atom. The smallest absolute Gasteiger partial charge is 0.258 e. The van der Waals surface area contributed by atoms with Crippen molar-refractivity contribution in [1.29, 1.82) is 0 Å². The molecule has 25 heavy (non-hydrogen) atoms. The van der Waals surface area contributed by atoms with Gasteiger partial charge < -0.3 is 5.32 Å². The summed E-state index contributed by atoms with van der Waals surface area (Å²) in [4.78, 5) is 12.5. The van der Waals surface area contributed by atoms with Gasteiger partial charge in [-0.1, -0.05) is 17.7 Å². The molecule has 0 spiro atoms. The predicted octanol–water partition coefficient (Wildman–Crippen LogP) is 3.18. The number of anilines is 1. The van der Waals surface area contributed by atoms with E-state index in [0.29, 0.717) is 16.3 Å². The van der Waals surface area contributed by atoms with Gasteiger partial charge in [0.15, 0.2) is 9.84 Å². The highest BCUT2D eigenvalue weighted by Gasteiger charge is 2.12. The summed E-state index contributed by atoms with van der Waals surface area (Å²) in [6.07, 6.45) is 4.13. The number of rotatable bonds is 4. The van der Waals surface area contributed by atoms with Gasteiger partial charge in [-0.2, -0.15) is 5.10 Å². The monoisotopic (exact) mass is 375 g/mol. The second-order valence-electron chi connectivity index (χ2n) is 5.40. The first-order valence-electron chi connectivity index (χ1n) is 7.25. The number of hydrogen-bond acceptors (Lipinski definition) is 4. The summed E-state index contributed by atoms with van der Waals surface area (Å²) in [6.45, 7) is 0. The Morgan fingerprint density at radius 1 is 1.16 bits per heavy atom. The summed E-state index contributed by atoms with van der Waals surface area (Å²) in [7, 11) is -3.34. The van der Waals surface area contributed by atoms with E-state index in [1.807, 2.05) is 0 Å². The van der Waals surface area contributed by atoms with Gasteiger partial charge in [0, 0.05) is 23.2 Å². The molecule has 0 radical (unpaired) electrons. The van der Waals surface area contributed by atoms with Crippen LogP contribution in [0.3, 0.4) is 0 Å². The summed E-state index contributed by atoms with van der Waals surface area (Å²) in [6, 6.07) is 13.1. The average Bonchev–Trinajstić information content (AvgIpc) is 3.05. The van der Waals surface area contributed by atoms with E-state index in [0.717, 1.165) is 11.9 Å². The van der Waals surface area contributed by atoms with Gasteiger partial charge in [0.2, 0.25) is 0 Å². The SMILES string of the molecule is CS(=O)(=O)c1cccc(NC(=O)c2cnn(-c3ccc(Cl)cc3)c2)c1. The van der Waals surface area contributed by atoms with Crippen molar-refractivity contribution in [3.63, 3.8) is 0 Å². The first-order chi connectivity index (χ1) is 11.8. The van der Waals surface area contributed by atoms with Crippen LogP contribution in [0.25, 0.3) is 5.69 Å². The predicted molar refractivity (Wildman–Crippen MR) is 96.1 cm³/mol. The van der Waals surface area contributed by atoms with Crippen molar-refractivity contribution in [3.8, 4) is 5.69 Å². The number of sulfone groups is 1. The number of halogens is 1. The van der Waals surface area contributed by atoms with Crippen molar-refractivity contribution in [2.75, 3.05) is 11.6 Å². The maximum Gasteiger partial charge on any atom is 0.258 e. The van der Waals surface area contributed by atoms with Crippen molar-refractivity contribution in [3.05, 3.63) is 71.5 Å². The normalized spacial score (nSPS) is 11.3. The van der Waals surface area contributed by atoms with E-state index >= 15 is 0 Å². The number of nitrogens with one attached hydrogen (secondary N) is 1. The summed E-state index contributed by atoms with van der Waals surface area (Å²) in [5, 5.41) is 7.43. The highest BCUT2D eigenvalue weighted by atomic mass is 35.5. The molecule has 1 heterocycles. The molecule has 8 heteroatoms. The van der Waals surface area contributed by atoms with E-state index in [1.165, 1.54) is 18.3 Å². The minimum Gasteiger partial charge on any atom is -0.322 e. The molecule has 0 fully saturated rings. The maximum absolute atomic E-state index is 12.3. The fraction of sp³-hybridized carbons (Fsp3) is 0.0588. The molecule has 0 bridgehead atoms. The van der Waals surface area contributed by atoms with Crippen LogP contribution < -0.4 is 5.32 Å². The average molecular weight is 376 g/mol. The zero-order valence-electron chi connectivity index (χ0n) is 13.2. The molecule has 0 atom stereocenters. The summed E-state index contributed by atoms with van der Waals surface area (Å²) >= 11 is 5.85. The summed E-state index contributed by atoms with van der Waals surface area (Å²) < 4.78 is 24.7. The van der Waals surface area contributed by atoms with Gasteiger partial charge in [-0.25, -0.2) is 13.1 Å². The Hall–Kier alpha value is -2.64. The molecule has 3 aromatic rings. The maximum atomic E-state index is 12.3. The molecular weight excluding hydrogens is 362 g/mol. The van der Waals surface area contributed by atoms with Crippen molar-refractivity contribution in [1.82, 2.24) is 9.78 Å². The Labute approximate surface area is 150 Å². The van der Waals surface area contributed by atoms with Crippen LogP contribution in [-0.2, 0) is 9.84 Å². The number of nitrogens with zero attached hydrogens (tertiary/aromatic N) is 2. The minimum absolute atomic E-state index is 0.141. The molecule has 0 aliphatic heterocycles. The van der Waals surface area contributed by atoms with Crippen LogP contribution in [0.5, 0.6) is 0 Å². The van der Waals surface area contributed by atoms with Crippen LogP contribution in [0.15, 0.2) is 65.8 Å². The van der Waals surface area contributed by atoms with E-state index in [2.05, 4.69) is 10.4 Å². The lowest BCUT2D eigenvalue weighted by Crippen LogP contribution is -2.11. The third-order valence-corrected chi connectivity index (χ3v) is 4.82. The van der Waals surface area contributed by atoms with Crippen LogP contribution in [-0.4, -0.2) is 30.4 Å². The van der Waals surface area contributed by atoms with E-state index in [9.17, 15) is 13.2 Å². The zero-order valence-corrected chi connectivity index (χ0v) is 14.8. The number of aromatic nitrogens is 2. The zero-order chi connectivity index (χ0) is 18.0. The first-order valence-corrected chi connectivity index (χ1v) is 9.52. The van der Waals surface area contributed by atoms with Gasteiger partial charge in [-0.3, -0.25) is 4.79 Å². The lowest BCUT2D eigenvalue weighted by molar-refractivity contribution is 0.102. The molecule has 1 aromatic heterocycles. The molecule has 6 nitrogen and oxygen atoms in total. The third-order valence-electron chi connectivity index (χ3n) is 3.46. The third kappa shape index (κ3) is 4.07. The standard InChI is InChI=1S/C17H14ClN3O3S/c1-25(23,24)16-4-2-3-14(9-16)20-17(22)12-10-19-21(11-12)15-7-5-13(18)6-8-15/h2-11H,1H3,(H,20,22). The number of amides is 1. The van der Waals surface area contributed by atoms with E-state index in [4.69, 9.17) is 11.6 Å². The second-order valence-corrected chi connectivity index (χ2v) is 7.86. The van der Waals surface area contributed by atoms with Crippen molar-refractivity contribution >= 4 is 33.0 Å². The molecule has 0 unspecified atom stereocenters. The number of hydrogen-bond donors (Lipinski definition) is 1. The van der Waals surface area contributed by atoms with Gasteiger partial charge in [-0.15, -0.1) is 0 Å². The number of carbonyl (C=O) groups is 1. The lowest BCUT2D eigenvalue weighted by atomic mass is 10.3. The molecule has 0 aliphatic carbocycles. The quantitative estimate of drug-likeness (QED) is 0.759. The van der Waals surface area contributed by atoms with Crippen molar-refractivity contribution < 1.29 is 13.2 Å². The van der Waals surface area contributed by atoms with Gasteiger partial charge in [0.05, 0.1) is 22.3 Å². The Kier molecular flexibility index (Phi) is 4.61. The number of benzene rings is 2. The molecule has 0 saturated heterocycles. The second kappa shape index (κ2) is 6.70. The highest BCUT2D eigenvalue weighted by Crippen LogP contribution is 2.17. The molecule has 1 N–H and O–H groups in total. The fourth-order valence-corrected chi connectivity index (χ4v) is 2.98. The van der Waals surface area contributed by atoms with Crippen LogP contribution in [0.2, 0.25) is 5.02 Å². The minimum atomic E-state index is -3.34. The molecule has 2 aromatic carbocycles. The van der Waals surface area contributed by atoms with Gasteiger partial charge in [0.25, 0.3) is 5.91 Å². The molecule has 0 aliphatic rings. The van der Waals surface area contributed by atoms with E-state index in [1.54, 1.807) is 47.3 Å². The van der Waals surface area contributed by atoms with Gasteiger partial charge in [-0.05, 0) is 42.5 Å². The highest BCUT2D eigenvalue weighted by molar-refractivity contribution is 7.90. The fourth-order valence-electron chi connectivity index (χ4n) is 2.18. The Bertz CT molecular complexity index is 1030. The molecule has 3 rings (SSSR count). The first kappa shape index (κ1) is 17.2. The summed E-state index contributed by atoms with van der Waals surface area (Å²) in [5.74, 6) is -0.383. The van der Waals surface area contributed by atoms with Gasteiger partial charge >= 0.3 is 0 Å². The van der Waals surface area contributed by atoms with Crippen LogP contribution >= 0.6 is 11.6 Å². The number of carbonyl (C=O) groups excluding carboxylic acids is 1. The van der Waals surface area contributed by atoms with Crippen LogP contribution in [0, 0.1) is 0 Å². The van der Waals surface area contributed by atoms with Crippen LogP contribution in [0.1, 0.15) is 10.4 Å². The topological polar surface area (TPSA) is 81.1 Å². The molecule has 128 valence electrons. The van der Waals surface area contributed by atoms with E-state index in [-0.39, 0.29) is 10.8 Å². The Balaban J connectivity index is 1.80. The van der Waals surface area contributed by atoms with Crippen molar-refractivity contribution in [2.45, 2.75) is 4.90 Å². The molecular formula is C17H14ClN3O3S. The lowest BCUT2D eigenvalue weighted by Gasteiger charge is -2.05. The van der Waals surface area contributed by atoms with Crippen LogP contribution in [0.4, 0.5) is 5.69 Å². The van der Waals surface area contributed by atoms with Crippen molar-refractivity contribution in [2.24, 2.45) is 0 Å². The molecule has 1 amide bonds. The van der Waals surface area contributed by atoms with Gasteiger partial charge in [0.1, 0.15) is 0 Å². The Morgan fingerprint density at radius 2 is 1.88 bits per heavy atom.